The van der Waals surface area contributed by atoms with Gasteiger partial charge in [-0.25, -0.2) is 0 Å². The summed E-state index contributed by atoms with van der Waals surface area (Å²) in [5.41, 5.74) is 7.91. The Morgan fingerprint density at radius 1 is 0.667 bits per heavy atom. The molecule has 0 bridgehead atoms. The first-order chi connectivity index (χ1) is 17.4. The van der Waals surface area contributed by atoms with Crippen LogP contribution in [0.3, 0.4) is 0 Å². The van der Waals surface area contributed by atoms with E-state index in [1.807, 2.05) is 10.6 Å². The van der Waals surface area contributed by atoms with Crippen molar-refractivity contribution < 1.29 is 48.0 Å². The fourth-order valence-corrected chi connectivity index (χ4v) is 21.5. The number of hydrogen-bond donors (Lipinski definition) is 0. The van der Waals surface area contributed by atoms with Crippen LogP contribution in [0.4, 0.5) is 0 Å². The van der Waals surface area contributed by atoms with Crippen molar-refractivity contribution in [1.29, 1.82) is 0 Å². The van der Waals surface area contributed by atoms with Gasteiger partial charge in [0.1, 0.15) is 0 Å². The summed E-state index contributed by atoms with van der Waals surface area (Å²) < 4.78 is 1.37. The van der Waals surface area contributed by atoms with Gasteiger partial charge in [0.2, 0.25) is 0 Å². The maximum Gasteiger partial charge on any atom is -1.00 e. The molecule has 4 atom stereocenters. The molecule has 2 aliphatic carbocycles. The number of fused-ring (bicyclic) bond motifs is 2. The van der Waals surface area contributed by atoms with Crippen LogP contribution in [0.25, 0.3) is 12.2 Å². The first-order valence-corrected chi connectivity index (χ1v) is 20.0. The van der Waals surface area contributed by atoms with E-state index in [1.165, 1.54) is 24.0 Å². The number of allylic oxidation sites excluding steroid dienone is 2. The Bertz CT molecular complexity index is 1150. The molecule has 2 aliphatic rings. The van der Waals surface area contributed by atoms with Crippen LogP contribution in [-0.2, 0) is 23.2 Å². The van der Waals surface area contributed by atoms with E-state index >= 15 is 0 Å². The minimum Gasteiger partial charge on any atom is -1.00 e. The van der Waals surface area contributed by atoms with Crippen molar-refractivity contribution in [3.63, 3.8) is 0 Å². The molecule has 4 unspecified atom stereocenters. The molecule has 0 radical (unpaired) electrons. The molecule has 0 amide bonds. The van der Waals surface area contributed by atoms with Gasteiger partial charge in [-0.1, -0.05) is 0 Å². The number of halogens is 2. The Labute approximate surface area is 266 Å². The molecule has 0 saturated carbocycles. The van der Waals surface area contributed by atoms with Gasteiger partial charge in [0.25, 0.3) is 0 Å². The minimum atomic E-state index is -0.924. The van der Waals surface area contributed by atoms with Crippen molar-refractivity contribution in [1.82, 2.24) is 0 Å². The molecule has 4 rings (SSSR count). The predicted molar refractivity (Wildman–Crippen MR) is 167 cm³/mol. The zero-order valence-corrected chi connectivity index (χ0v) is 31.4. The van der Waals surface area contributed by atoms with E-state index in [4.69, 9.17) is 0 Å². The third-order valence-corrected chi connectivity index (χ3v) is 21.3. The van der Waals surface area contributed by atoms with Crippen LogP contribution in [-0.4, -0.2) is 21.6 Å². The molecular weight excluding hydrogens is 632 g/mol. The summed E-state index contributed by atoms with van der Waals surface area (Å²) >= 11 is -0.924. The summed E-state index contributed by atoms with van der Waals surface area (Å²) in [5, 5.41) is 4.26. The van der Waals surface area contributed by atoms with Crippen LogP contribution in [0.2, 0.25) is 0 Å². The molecule has 0 saturated heterocycles. The normalized spacial score (nSPS) is 20.5. The molecule has 0 aliphatic heterocycles. The zero-order valence-electron chi connectivity index (χ0n) is 25.6. The van der Waals surface area contributed by atoms with Gasteiger partial charge in [0.15, 0.2) is 0 Å². The predicted octanol–water partition coefficient (Wildman–Crippen LogP) is 5.43. The number of hydrogen-bond acceptors (Lipinski definition) is 0. The van der Waals surface area contributed by atoms with Gasteiger partial charge in [-0.05, 0) is 0 Å². The van der Waals surface area contributed by atoms with Gasteiger partial charge in [-0.3, -0.25) is 0 Å². The number of benzene rings is 2. The van der Waals surface area contributed by atoms with E-state index in [0.717, 1.165) is 11.3 Å². The van der Waals surface area contributed by atoms with Crippen molar-refractivity contribution in [2.24, 2.45) is 0 Å². The van der Waals surface area contributed by atoms with Crippen molar-refractivity contribution >= 4 is 28.0 Å². The molecule has 39 heavy (non-hydrogen) atoms. The Kier molecular flexibility index (Phi) is 12.9. The van der Waals surface area contributed by atoms with E-state index in [0.29, 0.717) is 17.6 Å². The van der Waals surface area contributed by atoms with Crippen molar-refractivity contribution in [2.45, 2.75) is 111 Å². The van der Waals surface area contributed by atoms with E-state index in [1.54, 1.807) is 11.1 Å². The molecule has 2 aromatic carbocycles. The number of rotatable bonds is 8. The molecule has 0 nitrogen and oxygen atoms in total. The average molecular weight is 681 g/mol. The van der Waals surface area contributed by atoms with Crippen LogP contribution < -0.4 is 24.8 Å². The molecule has 0 aromatic heterocycles. The molecule has 5 heteroatoms. The van der Waals surface area contributed by atoms with Crippen LogP contribution in [0.15, 0.2) is 59.2 Å². The van der Waals surface area contributed by atoms with Gasteiger partial charge in [-0.2, -0.15) is 0 Å². The average Bonchev–Trinajstić information content (AvgIpc) is 3.35. The molecule has 0 heterocycles. The monoisotopic (exact) mass is 678 g/mol. The maximum atomic E-state index is 2.67. The SMILES string of the molecule is CCC(C)P(C1=Cc2ccccc2[CH]1[Zr+2][CH]1C(P(C(C)(C)C)C(C)(C)C)=Cc2ccccc21)C(C)CC.[Cl-].[Cl-]. The molecule has 212 valence electrons. The first-order valence-electron chi connectivity index (χ1n) is 14.3. The second-order valence-electron chi connectivity index (χ2n) is 13.0. The topological polar surface area (TPSA) is 0 Å². The van der Waals surface area contributed by atoms with Gasteiger partial charge in [0, 0.05) is 0 Å². The van der Waals surface area contributed by atoms with Crippen molar-refractivity contribution in [2.75, 3.05) is 0 Å². The molecular formula is C34H48Cl2P2Zr. The van der Waals surface area contributed by atoms with Crippen molar-refractivity contribution in [3.8, 4) is 0 Å². The fourth-order valence-electron chi connectivity index (χ4n) is 6.67. The first kappa shape index (κ1) is 35.4. The van der Waals surface area contributed by atoms with Crippen LogP contribution >= 0.6 is 15.8 Å². The summed E-state index contributed by atoms with van der Waals surface area (Å²) in [4.78, 5) is 0. The minimum absolute atomic E-state index is 0. The summed E-state index contributed by atoms with van der Waals surface area (Å²) in [5.74, 6) is 0. The zero-order chi connectivity index (χ0) is 27.1. The fraction of sp³-hybridized carbons (Fsp3) is 0.529. The van der Waals surface area contributed by atoms with Crippen LogP contribution in [0.1, 0.15) is 112 Å². The van der Waals surface area contributed by atoms with E-state index < -0.39 is 23.2 Å². The second-order valence-corrected chi connectivity index (χ2v) is 23.6. The Balaban J connectivity index is 0.00000267. The largest absolute Gasteiger partial charge is 1.00 e. The van der Waals surface area contributed by atoms with Gasteiger partial charge >= 0.3 is 244 Å². The smallest absolute Gasteiger partial charge is 1.00 e. The molecule has 0 N–H and O–H groups in total. The van der Waals surface area contributed by atoms with Crippen LogP contribution in [0.5, 0.6) is 0 Å². The Morgan fingerprint density at radius 3 is 1.46 bits per heavy atom. The van der Waals surface area contributed by atoms with Gasteiger partial charge < -0.3 is 24.8 Å². The van der Waals surface area contributed by atoms with Gasteiger partial charge in [-0.15, -0.1) is 0 Å². The van der Waals surface area contributed by atoms with Crippen LogP contribution in [0, 0.1) is 0 Å². The summed E-state index contributed by atoms with van der Waals surface area (Å²) in [6, 6.07) is 18.8. The van der Waals surface area contributed by atoms with E-state index in [9.17, 15) is 0 Å². The van der Waals surface area contributed by atoms with Crippen molar-refractivity contribution in [3.05, 3.63) is 81.4 Å². The maximum absolute atomic E-state index is 2.67. The standard InChI is InChI=1S/2C17H24P.2ClH.Zr/c1-16(2,3)18(17(4,5)6)15-11-13-9-7-8-10-14(13)12-15;1-5-13(3)18(14(4)6-2)17-11-15-9-7-8-10-16(15)12-17;;;/h7-12H,1-6H3;7-14H,5-6H2,1-4H3;2*1H;/q;;;;+2/p-2. The molecule has 2 aromatic rings. The molecule has 0 spiro atoms. The summed E-state index contributed by atoms with van der Waals surface area (Å²) in [7, 11) is -0.431. The Morgan fingerprint density at radius 2 is 1.05 bits per heavy atom. The Hall–Kier alpha value is 0.243. The quantitative estimate of drug-likeness (QED) is 0.327. The van der Waals surface area contributed by atoms with E-state index in [2.05, 4.69) is 130 Å². The van der Waals surface area contributed by atoms with Gasteiger partial charge in [0.05, 0.1) is 0 Å². The molecule has 0 fully saturated rings. The summed E-state index contributed by atoms with van der Waals surface area (Å²) in [6.07, 6.45) is 7.90. The third kappa shape index (κ3) is 7.43. The van der Waals surface area contributed by atoms with E-state index in [-0.39, 0.29) is 40.7 Å². The summed E-state index contributed by atoms with van der Waals surface area (Å²) in [6.45, 7) is 24.9. The third-order valence-electron chi connectivity index (χ3n) is 8.18. The second kappa shape index (κ2) is 14.1.